The Bertz CT molecular complexity index is 734. The van der Waals surface area contributed by atoms with Crippen molar-refractivity contribution >= 4 is 17.3 Å². The van der Waals surface area contributed by atoms with E-state index in [0.717, 1.165) is 25.2 Å². The molecule has 0 saturated carbocycles. The molecule has 1 aliphatic heterocycles. The van der Waals surface area contributed by atoms with Crippen molar-refractivity contribution in [3.63, 3.8) is 0 Å². The Balaban J connectivity index is 1.86. The summed E-state index contributed by atoms with van der Waals surface area (Å²) in [4.78, 5) is 15.0. The maximum Gasteiger partial charge on any atom is 0.261 e. The first-order valence-corrected chi connectivity index (χ1v) is 8.16. The van der Waals surface area contributed by atoms with Crippen molar-refractivity contribution in [1.29, 1.82) is 0 Å². The summed E-state index contributed by atoms with van der Waals surface area (Å²) in [6.07, 6.45) is 1.07. The summed E-state index contributed by atoms with van der Waals surface area (Å²) in [5.41, 5.74) is 4.55. The fourth-order valence-corrected chi connectivity index (χ4v) is 3.10. The standard InChI is InChI=1S/C18H23N3O2/c1-5-21-9-8-13-6-7-14(10-15(13)21)19-18(22)16-12(4)20-23-17(16)11(2)3/h6-7,10-11H,5,8-9H2,1-4H3,(H,19,22). The lowest BCUT2D eigenvalue weighted by molar-refractivity contribution is 0.102. The second kappa shape index (κ2) is 6.07. The Hall–Kier alpha value is -2.30. The van der Waals surface area contributed by atoms with Crippen LogP contribution in [0, 0.1) is 6.92 Å². The van der Waals surface area contributed by atoms with Crippen LogP contribution in [0.2, 0.25) is 0 Å². The van der Waals surface area contributed by atoms with E-state index in [4.69, 9.17) is 4.52 Å². The molecule has 1 N–H and O–H groups in total. The number of aromatic nitrogens is 1. The van der Waals surface area contributed by atoms with Crippen LogP contribution in [0.5, 0.6) is 0 Å². The molecular formula is C18H23N3O2. The Labute approximate surface area is 136 Å². The minimum Gasteiger partial charge on any atom is -0.371 e. The van der Waals surface area contributed by atoms with Crippen molar-refractivity contribution in [2.24, 2.45) is 0 Å². The number of benzene rings is 1. The molecule has 0 atom stereocenters. The number of carbonyl (C=O) groups excluding carboxylic acids is 1. The van der Waals surface area contributed by atoms with Gasteiger partial charge in [0.1, 0.15) is 5.56 Å². The monoisotopic (exact) mass is 313 g/mol. The lowest BCUT2D eigenvalue weighted by Gasteiger charge is -2.17. The molecule has 23 heavy (non-hydrogen) atoms. The molecule has 0 unspecified atom stereocenters. The zero-order valence-electron chi connectivity index (χ0n) is 14.1. The first kappa shape index (κ1) is 15.6. The van der Waals surface area contributed by atoms with Gasteiger partial charge in [-0.1, -0.05) is 25.1 Å². The third kappa shape index (κ3) is 2.83. The van der Waals surface area contributed by atoms with Gasteiger partial charge in [-0.3, -0.25) is 4.79 Å². The van der Waals surface area contributed by atoms with Gasteiger partial charge in [0.25, 0.3) is 5.91 Å². The van der Waals surface area contributed by atoms with E-state index in [0.29, 0.717) is 17.0 Å². The lowest BCUT2D eigenvalue weighted by Crippen LogP contribution is -2.19. The van der Waals surface area contributed by atoms with Crippen molar-refractivity contribution in [1.82, 2.24) is 5.16 Å². The fourth-order valence-electron chi connectivity index (χ4n) is 3.10. The molecule has 0 bridgehead atoms. The summed E-state index contributed by atoms with van der Waals surface area (Å²) >= 11 is 0. The zero-order valence-corrected chi connectivity index (χ0v) is 14.1. The number of hydrogen-bond acceptors (Lipinski definition) is 4. The van der Waals surface area contributed by atoms with Gasteiger partial charge in [-0.25, -0.2) is 0 Å². The first-order chi connectivity index (χ1) is 11.0. The lowest BCUT2D eigenvalue weighted by atomic mass is 10.0. The van der Waals surface area contributed by atoms with Crippen LogP contribution in [0.4, 0.5) is 11.4 Å². The number of amides is 1. The molecule has 122 valence electrons. The summed E-state index contributed by atoms with van der Waals surface area (Å²) in [7, 11) is 0. The number of nitrogens with zero attached hydrogens (tertiary/aromatic N) is 2. The molecule has 0 aliphatic carbocycles. The van der Waals surface area contributed by atoms with E-state index >= 15 is 0 Å². The van der Waals surface area contributed by atoms with Crippen LogP contribution in [0.15, 0.2) is 22.7 Å². The van der Waals surface area contributed by atoms with Crippen LogP contribution < -0.4 is 10.2 Å². The molecule has 0 saturated heterocycles. The first-order valence-electron chi connectivity index (χ1n) is 8.16. The predicted octanol–water partition coefficient (Wildman–Crippen LogP) is 3.74. The second-order valence-electron chi connectivity index (χ2n) is 6.29. The molecule has 1 amide bonds. The summed E-state index contributed by atoms with van der Waals surface area (Å²) in [5, 5.41) is 6.93. The molecular weight excluding hydrogens is 290 g/mol. The van der Waals surface area contributed by atoms with Crippen molar-refractivity contribution in [3.8, 4) is 0 Å². The van der Waals surface area contributed by atoms with Crippen molar-refractivity contribution in [2.45, 2.75) is 40.0 Å². The molecule has 3 rings (SSSR count). The summed E-state index contributed by atoms with van der Waals surface area (Å²) in [6.45, 7) is 9.95. The van der Waals surface area contributed by atoms with Gasteiger partial charge in [0.05, 0.1) is 5.69 Å². The number of nitrogens with one attached hydrogen (secondary N) is 1. The Morgan fingerprint density at radius 3 is 2.91 bits per heavy atom. The topological polar surface area (TPSA) is 58.4 Å². The van der Waals surface area contributed by atoms with Crippen molar-refractivity contribution in [3.05, 3.63) is 40.8 Å². The minimum atomic E-state index is -0.159. The molecule has 0 spiro atoms. The number of likely N-dealkylation sites (N-methyl/N-ethyl adjacent to an activating group) is 1. The van der Waals surface area contributed by atoms with E-state index < -0.39 is 0 Å². The van der Waals surface area contributed by atoms with E-state index in [1.54, 1.807) is 6.92 Å². The molecule has 5 heteroatoms. The molecule has 0 radical (unpaired) electrons. The molecule has 2 heterocycles. The van der Waals surface area contributed by atoms with Crippen LogP contribution in [-0.4, -0.2) is 24.2 Å². The quantitative estimate of drug-likeness (QED) is 0.934. The number of aryl methyl sites for hydroxylation is 1. The summed E-state index contributed by atoms with van der Waals surface area (Å²) in [6, 6.07) is 6.12. The number of fused-ring (bicyclic) bond motifs is 1. The number of hydrogen-bond donors (Lipinski definition) is 1. The number of rotatable bonds is 4. The highest BCUT2D eigenvalue weighted by molar-refractivity contribution is 6.06. The van der Waals surface area contributed by atoms with Gasteiger partial charge in [0, 0.05) is 30.4 Å². The minimum absolute atomic E-state index is 0.118. The van der Waals surface area contributed by atoms with Gasteiger partial charge in [-0.05, 0) is 38.0 Å². The third-order valence-electron chi connectivity index (χ3n) is 4.36. The van der Waals surface area contributed by atoms with Crippen LogP contribution in [0.3, 0.4) is 0 Å². The average molecular weight is 313 g/mol. The zero-order chi connectivity index (χ0) is 16.6. The van der Waals surface area contributed by atoms with E-state index in [-0.39, 0.29) is 11.8 Å². The Morgan fingerprint density at radius 2 is 2.22 bits per heavy atom. The summed E-state index contributed by atoms with van der Waals surface area (Å²) < 4.78 is 5.31. The van der Waals surface area contributed by atoms with Gasteiger partial charge in [0.2, 0.25) is 0 Å². The van der Waals surface area contributed by atoms with Crippen molar-refractivity contribution in [2.75, 3.05) is 23.3 Å². The largest absolute Gasteiger partial charge is 0.371 e. The SMILES string of the molecule is CCN1CCc2ccc(NC(=O)c3c(C)noc3C(C)C)cc21. The maximum absolute atomic E-state index is 12.6. The van der Waals surface area contributed by atoms with E-state index in [1.165, 1.54) is 11.3 Å². The van der Waals surface area contributed by atoms with Crippen LogP contribution in [-0.2, 0) is 6.42 Å². The highest BCUT2D eigenvalue weighted by Crippen LogP contribution is 2.31. The number of carbonyl (C=O) groups is 1. The van der Waals surface area contributed by atoms with E-state index in [1.807, 2.05) is 19.9 Å². The normalized spacial score (nSPS) is 13.5. The van der Waals surface area contributed by atoms with Crippen LogP contribution in [0.1, 0.15) is 54.1 Å². The van der Waals surface area contributed by atoms with Crippen LogP contribution >= 0.6 is 0 Å². The Kier molecular flexibility index (Phi) is 4.11. The van der Waals surface area contributed by atoms with E-state index in [9.17, 15) is 4.79 Å². The molecule has 2 aromatic rings. The molecule has 1 aromatic heterocycles. The number of anilines is 2. The molecule has 1 aliphatic rings. The van der Waals surface area contributed by atoms with Gasteiger partial charge in [-0.2, -0.15) is 0 Å². The van der Waals surface area contributed by atoms with Gasteiger partial charge in [-0.15, -0.1) is 0 Å². The van der Waals surface area contributed by atoms with Crippen LogP contribution in [0.25, 0.3) is 0 Å². The summed E-state index contributed by atoms with van der Waals surface area (Å²) in [5.74, 6) is 0.595. The fraction of sp³-hybridized carbons (Fsp3) is 0.444. The molecule has 1 aromatic carbocycles. The highest BCUT2D eigenvalue weighted by atomic mass is 16.5. The second-order valence-corrected chi connectivity index (χ2v) is 6.29. The van der Waals surface area contributed by atoms with Gasteiger partial charge < -0.3 is 14.7 Å². The maximum atomic E-state index is 12.6. The van der Waals surface area contributed by atoms with Gasteiger partial charge in [0.15, 0.2) is 5.76 Å². The predicted molar refractivity (Wildman–Crippen MR) is 91.3 cm³/mol. The molecule has 5 nitrogen and oxygen atoms in total. The van der Waals surface area contributed by atoms with Gasteiger partial charge >= 0.3 is 0 Å². The smallest absolute Gasteiger partial charge is 0.261 e. The highest BCUT2D eigenvalue weighted by Gasteiger charge is 2.23. The Morgan fingerprint density at radius 1 is 1.43 bits per heavy atom. The molecule has 0 fully saturated rings. The van der Waals surface area contributed by atoms with E-state index in [2.05, 4.69) is 34.4 Å². The average Bonchev–Trinajstić information content (AvgIpc) is 3.10. The van der Waals surface area contributed by atoms with Crippen molar-refractivity contribution < 1.29 is 9.32 Å². The third-order valence-corrected chi connectivity index (χ3v) is 4.36.